The molecule has 2 N–H and O–H groups in total. The zero-order valence-electron chi connectivity index (χ0n) is 16.3. The lowest BCUT2D eigenvalue weighted by atomic mass is 10.1. The van der Waals surface area contributed by atoms with Crippen molar-refractivity contribution in [3.63, 3.8) is 0 Å². The van der Waals surface area contributed by atoms with Crippen LogP contribution in [0.25, 0.3) is 11.3 Å². The van der Waals surface area contributed by atoms with Crippen LogP contribution in [0.3, 0.4) is 0 Å². The molecule has 0 atom stereocenters. The van der Waals surface area contributed by atoms with Gasteiger partial charge in [-0.05, 0) is 23.4 Å². The predicted octanol–water partition coefficient (Wildman–Crippen LogP) is 2.08. The van der Waals surface area contributed by atoms with Crippen LogP contribution in [-0.2, 0) is 0 Å². The van der Waals surface area contributed by atoms with Gasteiger partial charge in [0.1, 0.15) is 18.6 Å². The van der Waals surface area contributed by atoms with E-state index in [9.17, 15) is 5.11 Å². The molecule has 0 unspecified atom stereocenters. The van der Waals surface area contributed by atoms with Gasteiger partial charge >= 0.3 is 0 Å². The Hall–Kier alpha value is -3.33. The van der Waals surface area contributed by atoms with Gasteiger partial charge in [0.25, 0.3) is 5.88 Å². The molecule has 1 fully saturated rings. The summed E-state index contributed by atoms with van der Waals surface area (Å²) in [5.74, 6) is 1.44. The minimum atomic E-state index is 0.196. The van der Waals surface area contributed by atoms with Crippen molar-refractivity contribution >= 4 is 11.5 Å². The summed E-state index contributed by atoms with van der Waals surface area (Å²) in [6.07, 6.45) is 1.50. The number of hydrogen-bond acceptors (Lipinski definition) is 9. The number of benzene rings is 1. The number of phenolic OH excluding ortho intramolecular Hbond substituents is 1. The fraction of sp³-hybridized carbons (Fsp3) is 0.350. The van der Waals surface area contributed by atoms with Crippen LogP contribution < -0.4 is 15.0 Å². The number of aromatic hydroxyl groups is 1. The molecular formula is C20H24N6O3. The summed E-state index contributed by atoms with van der Waals surface area (Å²) < 4.78 is 10.3. The van der Waals surface area contributed by atoms with Gasteiger partial charge in [-0.3, -0.25) is 4.90 Å². The van der Waals surface area contributed by atoms with Gasteiger partial charge in [-0.15, -0.1) is 10.2 Å². The number of aromatic nitrogens is 3. The van der Waals surface area contributed by atoms with Crippen molar-refractivity contribution < 1.29 is 14.4 Å². The van der Waals surface area contributed by atoms with Crippen molar-refractivity contribution in [1.29, 1.82) is 0 Å². The fourth-order valence-corrected chi connectivity index (χ4v) is 3.39. The molecule has 0 aliphatic carbocycles. The van der Waals surface area contributed by atoms with Crippen molar-refractivity contribution in [3.05, 3.63) is 42.7 Å². The highest BCUT2D eigenvalue weighted by Gasteiger charge is 2.21. The quantitative estimate of drug-likeness (QED) is 0.622. The lowest BCUT2D eigenvalue weighted by molar-refractivity contribution is 0.192. The van der Waals surface area contributed by atoms with Crippen LogP contribution in [0.4, 0.5) is 11.5 Å². The third-order valence-corrected chi connectivity index (χ3v) is 4.98. The van der Waals surface area contributed by atoms with Crippen molar-refractivity contribution in [2.24, 2.45) is 0 Å². The second-order valence-corrected chi connectivity index (χ2v) is 6.75. The monoisotopic (exact) mass is 396 g/mol. The van der Waals surface area contributed by atoms with Crippen molar-refractivity contribution in [2.75, 3.05) is 56.6 Å². The highest BCUT2D eigenvalue weighted by molar-refractivity contribution is 5.74. The molecule has 0 spiro atoms. The summed E-state index contributed by atoms with van der Waals surface area (Å²) in [6.45, 7) is 4.97. The molecule has 1 saturated heterocycles. The van der Waals surface area contributed by atoms with Gasteiger partial charge in [0.2, 0.25) is 0 Å². The number of nitrogens with one attached hydrogen (secondary N) is 1. The second-order valence-electron chi connectivity index (χ2n) is 6.75. The number of rotatable bonds is 7. The molecular weight excluding hydrogens is 372 g/mol. The lowest BCUT2D eigenvalue weighted by Gasteiger charge is -2.36. The summed E-state index contributed by atoms with van der Waals surface area (Å²) in [4.78, 5) is 4.65. The van der Waals surface area contributed by atoms with Crippen LogP contribution in [0.1, 0.15) is 0 Å². The average Bonchev–Trinajstić information content (AvgIpc) is 3.28. The topological polar surface area (TPSA) is 99.8 Å². The maximum atomic E-state index is 10.2. The molecule has 0 saturated carbocycles. The Labute approximate surface area is 168 Å². The SMILES string of the molecule is CNc1nnc(-c2ccccc2O)cc1N1CCN(CCOc2ccon2)CC1. The van der Waals surface area contributed by atoms with E-state index in [2.05, 4.69) is 30.5 Å². The molecule has 29 heavy (non-hydrogen) atoms. The third kappa shape index (κ3) is 4.40. The Morgan fingerprint density at radius 1 is 1.14 bits per heavy atom. The Morgan fingerprint density at radius 3 is 2.69 bits per heavy atom. The first-order valence-corrected chi connectivity index (χ1v) is 9.59. The van der Waals surface area contributed by atoms with E-state index in [-0.39, 0.29) is 5.75 Å². The molecule has 2 aromatic heterocycles. The van der Waals surface area contributed by atoms with Gasteiger partial charge in [-0.25, -0.2) is 0 Å². The van der Waals surface area contributed by atoms with Crippen LogP contribution in [0.2, 0.25) is 0 Å². The van der Waals surface area contributed by atoms with Gasteiger partial charge in [0.05, 0.1) is 11.4 Å². The largest absolute Gasteiger partial charge is 0.507 e. The van der Waals surface area contributed by atoms with Crippen LogP contribution in [-0.4, -0.2) is 71.7 Å². The minimum absolute atomic E-state index is 0.196. The third-order valence-electron chi connectivity index (χ3n) is 4.98. The van der Waals surface area contributed by atoms with E-state index in [0.29, 0.717) is 23.7 Å². The maximum Gasteiger partial charge on any atom is 0.254 e. The van der Waals surface area contributed by atoms with Crippen molar-refractivity contribution in [3.8, 4) is 22.9 Å². The molecule has 0 amide bonds. The first-order chi connectivity index (χ1) is 14.2. The molecule has 3 heterocycles. The van der Waals surface area contributed by atoms with E-state index in [1.54, 1.807) is 18.2 Å². The molecule has 0 bridgehead atoms. The number of ether oxygens (including phenoxy) is 1. The molecule has 4 rings (SSSR count). The average molecular weight is 396 g/mol. The van der Waals surface area contributed by atoms with Gasteiger partial charge in [0, 0.05) is 51.4 Å². The zero-order chi connectivity index (χ0) is 20.1. The molecule has 1 aliphatic heterocycles. The number of nitrogens with zero attached hydrogens (tertiary/aromatic N) is 5. The van der Waals surface area contributed by atoms with E-state index in [4.69, 9.17) is 9.26 Å². The van der Waals surface area contributed by atoms with Gasteiger partial charge < -0.3 is 24.6 Å². The Kier molecular flexibility index (Phi) is 5.76. The van der Waals surface area contributed by atoms with Crippen molar-refractivity contribution in [2.45, 2.75) is 0 Å². The van der Waals surface area contributed by atoms with Gasteiger partial charge in [0.15, 0.2) is 5.82 Å². The summed E-state index contributed by atoms with van der Waals surface area (Å²) in [7, 11) is 1.84. The number of piperazine rings is 1. The first-order valence-electron chi connectivity index (χ1n) is 9.59. The molecule has 9 heteroatoms. The van der Waals surface area contributed by atoms with Crippen LogP contribution in [0, 0.1) is 0 Å². The Morgan fingerprint density at radius 2 is 1.97 bits per heavy atom. The normalized spacial score (nSPS) is 14.7. The summed E-state index contributed by atoms with van der Waals surface area (Å²) >= 11 is 0. The van der Waals surface area contributed by atoms with E-state index in [1.807, 2.05) is 25.2 Å². The molecule has 9 nitrogen and oxygen atoms in total. The summed E-state index contributed by atoms with van der Waals surface area (Å²) in [5, 5.41) is 25.6. The minimum Gasteiger partial charge on any atom is -0.507 e. The molecule has 152 valence electrons. The maximum absolute atomic E-state index is 10.2. The second kappa shape index (κ2) is 8.78. The standard InChI is InChI=1S/C20H24N6O3/c1-21-20-17(14-16(22-23-20)15-4-2-3-5-18(15)27)26-9-7-25(8-10-26)11-13-28-19-6-12-29-24-19/h2-6,12,14,27H,7-11,13H2,1H3,(H,21,23). The number of hydrogen-bond donors (Lipinski definition) is 2. The van der Waals surface area contributed by atoms with Crippen LogP contribution in [0.5, 0.6) is 11.6 Å². The highest BCUT2D eigenvalue weighted by Crippen LogP contribution is 2.32. The van der Waals surface area contributed by atoms with E-state index in [0.717, 1.165) is 44.2 Å². The van der Waals surface area contributed by atoms with Gasteiger partial charge in [-0.1, -0.05) is 12.1 Å². The molecule has 1 aliphatic rings. The first kappa shape index (κ1) is 19.0. The zero-order valence-corrected chi connectivity index (χ0v) is 16.3. The molecule has 0 radical (unpaired) electrons. The van der Waals surface area contributed by atoms with Crippen LogP contribution >= 0.6 is 0 Å². The summed E-state index contributed by atoms with van der Waals surface area (Å²) in [5.41, 5.74) is 2.31. The Balaban J connectivity index is 1.40. The number of phenols is 1. The predicted molar refractivity (Wildman–Crippen MR) is 109 cm³/mol. The van der Waals surface area contributed by atoms with E-state index in [1.165, 1.54) is 6.26 Å². The molecule has 1 aromatic carbocycles. The lowest BCUT2D eigenvalue weighted by Crippen LogP contribution is -2.47. The highest BCUT2D eigenvalue weighted by atomic mass is 16.5. The van der Waals surface area contributed by atoms with Crippen LogP contribution in [0.15, 0.2) is 47.2 Å². The van der Waals surface area contributed by atoms with E-state index < -0.39 is 0 Å². The number of para-hydroxylation sites is 1. The van der Waals surface area contributed by atoms with Gasteiger partial charge in [-0.2, -0.15) is 0 Å². The smallest absolute Gasteiger partial charge is 0.254 e. The fourth-order valence-electron chi connectivity index (χ4n) is 3.39. The molecule has 3 aromatic rings. The Bertz CT molecular complexity index is 926. The van der Waals surface area contributed by atoms with Crippen molar-refractivity contribution in [1.82, 2.24) is 20.3 Å². The number of anilines is 2. The van der Waals surface area contributed by atoms with E-state index >= 15 is 0 Å². The summed E-state index contributed by atoms with van der Waals surface area (Å²) in [6, 6.07) is 10.9.